The van der Waals surface area contributed by atoms with Crippen LogP contribution in [0.3, 0.4) is 0 Å². The summed E-state index contributed by atoms with van der Waals surface area (Å²) >= 11 is 0. The smallest absolute Gasteiger partial charge is 0.257 e. The molecule has 1 aliphatic heterocycles. The first-order chi connectivity index (χ1) is 13.5. The summed E-state index contributed by atoms with van der Waals surface area (Å²) in [7, 11) is 5.04. The number of nitrogens with zero attached hydrogens (tertiary/aromatic N) is 5. The van der Waals surface area contributed by atoms with Crippen molar-refractivity contribution < 1.29 is 14.3 Å². The number of hydrogen-bond donors (Lipinski definition) is 1. The maximum absolute atomic E-state index is 13.0. The van der Waals surface area contributed by atoms with Gasteiger partial charge in [-0.15, -0.1) is 0 Å². The average molecular weight is 386 g/mol. The van der Waals surface area contributed by atoms with Gasteiger partial charge in [-0.05, 0) is 19.8 Å². The number of likely N-dealkylation sites (tertiary alicyclic amines) is 1. The topological polar surface area (TPSA) is 94.4 Å². The fraction of sp³-hybridized carbons (Fsp3) is 0.579. The van der Waals surface area contributed by atoms with Gasteiger partial charge in [-0.1, -0.05) is 0 Å². The predicted octanol–water partition coefficient (Wildman–Crippen LogP) is 1.39. The lowest BCUT2D eigenvalue weighted by Gasteiger charge is -2.44. The lowest BCUT2D eigenvalue weighted by Crippen LogP contribution is -2.53. The van der Waals surface area contributed by atoms with Crippen LogP contribution in [-0.4, -0.2) is 63.4 Å². The highest BCUT2D eigenvalue weighted by Gasteiger charge is 2.54. The molecule has 1 N–H and O–H groups in total. The number of carbonyl (C=O) groups excluding carboxylic acids is 1. The number of nitrogens with one attached hydrogen (secondary N) is 1. The number of aromatic nitrogens is 4. The Hall–Kier alpha value is -2.68. The zero-order valence-electron chi connectivity index (χ0n) is 16.7. The number of ether oxygens (including phenoxy) is 2. The van der Waals surface area contributed by atoms with Crippen LogP contribution < -0.4 is 10.1 Å². The van der Waals surface area contributed by atoms with Crippen LogP contribution in [0.25, 0.3) is 0 Å². The molecule has 2 aromatic rings. The monoisotopic (exact) mass is 386 g/mol. The lowest BCUT2D eigenvalue weighted by molar-refractivity contribution is 0.0785. The van der Waals surface area contributed by atoms with Crippen molar-refractivity contribution in [2.45, 2.75) is 31.9 Å². The Bertz CT molecular complexity index is 898. The van der Waals surface area contributed by atoms with Crippen LogP contribution in [0.5, 0.6) is 5.88 Å². The number of hydrogen-bond acceptors (Lipinski definition) is 7. The van der Waals surface area contributed by atoms with E-state index in [-0.39, 0.29) is 11.4 Å². The number of carbonyl (C=O) groups is 1. The molecule has 0 spiro atoms. The van der Waals surface area contributed by atoms with Crippen molar-refractivity contribution in [2.75, 3.05) is 32.6 Å². The molecule has 0 radical (unpaired) electrons. The van der Waals surface area contributed by atoms with E-state index >= 15 is 0 Å². The summed E-state index contributed by atoms with van der Waals surface area (Å²) in [4.78, 5) is 23.8. The first-order valence-electron chi connectivity index (χ1n) is 9.42. The molecule has 1 aliphatic carbocycles. The van der Waals surface area contributed by atoms with Gasteiger partial charge in [0.15, 0.2) is 5.82 Å². The van der Waals surface area contributed by atoms with E-state index in [1.807, 2.05) is 18.9 Å². The molecular weight excluding hydrogens is 360 g/mol. The highest BCUT2D eigenvalue weighted by Crippen LogP contribution is 2.47. The van der Waals surface area contributed by atoms with Crippen molar-refractivity contribution in [2.24, 2.45) is 13.0 Å². The molecule has 2 aromatic heterocycles. The Balaban J connectivity index is 1.54. The molecule has 0 bridgehead atoms. The maximum Gasteiger partial charge on any atom is 0.257 e. The first kappa shape index (κ1) is 18.7. The molecule has 2 aliphatic rings. The van der Waals surface area contributed by atoms with Crippen molar-refractivity contribution >= 4 is 11.7 Å². The first-order valence-corrected chi connectivity index (χ1v) is 9.42. The molecule has 9 heteroatoms. The summed E-state index contributed by atoms with van der Waals surface area (Å²) in [5, 5.41) is 7.79. The van der Waals surface area contributed by atoms with Gasteiger partial charge in [0, 0.05) is 44.9 Å². The van der Waals surface area contributed by atoms with E-state index < -0.39 is 0 Å². The highest BCUT2D eigenvalue weighted by molar-refractivity contribution is 5.95. The van der Waals surface area contributed by atoms with Gasteiger partial charge >= 0.3 is 0 Å². The van der Waals surface area contributed by atoms with Crippen molar-refractivity contribution in [1.29, 1.82) is 0 Å². The Kier molecular flexibility index (Phi) is 4.70. The van der Waals surface area contributed by atoms with E-state index in [1.165, 1.54) is 0 Å². The second kappa shape index (κ2) is 7.05. The van der Waals surface area contributed by atoms with E-state index in [2.05, 4.69) is 20.4 Å². The van der Waals surface area contributed by atoms with Gasteiger partial charge in [-0.3, -0.25) is 9.48 Å². The van der Waals surface area contributed by atoms with Crippen LogP contribution in [0.4, 0.5) is 5.82 Å². The fourth-order valence-corrected chi connectivity index (χ4v) is 4.17. The van der Waals surface area contributed by atoms with Crippen LogP contribution in [0.2, 0.25) is 0 Å². The molecule has 3 heterocycles. The summed E-state index contributed by atoms with van der Waals surface area (Å²) < 4.78 is 12.2. The Morgan fingerprint density at radius 3 is 2.82 bits per heavy atom. The predicted molar refractivity (Wildman–Crippen MR) is 102 cm³/mol. The van der Waals surface area contributed by atoms with Crippen molar-refractivity contribution in [3.8, 4) is 5.88 Å². The maximum atomic E-state index is 13.0. The number of anilines is 1. The van der Waals surface area contributed by atoms with E-state index in [0.717, 1.165) is 25.1 Å². The van der Waals surface area contributed by atoms with Crippen LogP contribution in [0.15, 0.2) is 12.3 Å². The lowest BCUT2D eigenvalue weighted by atomic mass is 9.69. The quantitative estimate of drug-likeness (QED) is 0.802. The number of methoxy groups -OCH3 is 2. The molecule has 9 nitrogen and oxygen atoms in total. The number of aryl methyl sites for hydroxylation is 1. The van der Waals surface area contributed by atoms with Crippen LogP contribution in [0.1, 0.15) is 34.7 Å². The van der Waals surface area contributed by atoms with E-state index in [0.29, 0.717) is 42.2 Å². The number of amides is 1. The van der Waals surface area contributed by atoms with Crippen molar-refractivity contribution in [1.82, 2.24) is 24.6 Å². The number of fused-ring (bicyclic) bond motifs is 1. The number of rotatable bonds is 6. The minimum absolute atomic E-state index is 0.0431. The molecule has 1 saturated heterocycles. The molecule has 0 aromatic carbocycles. The van der Waals surface area contributed by atoms with Gasteiger partial charge in [0.2, 0.25) is 5.88 Å². The van der Waals surface area contributed by atoms with E-state index in [4.69, 9.17) is 9.47 Å². The molecule has 1 amide bonds. The molecule has 2 atom stereocenters. The fourth-order valence-electron chi connectivity index (χ4n) is 4.17. The zero-order valence-corrected chi connectivity index (χ0v) is 16.7. The Labute approximate surface area is 164 Å². The standard InChI is InChI=1S/C19H26N6O3/c1-12-14(8-20-24(12)2)18(26)25-9-13-5-6-19(13,11-25)23-15-7-17(28-4)22-16(21-15)10-27-3/h7-8,13H,5-6,9-11H2,1-4H3,(H,21,22,23). The molecular formula is C19H26N6O3. The third kappa shape index (κ3) is 3.09. The zero-order chi connectivity index (χ0) is 19.9. The summed E-state index contributed by atoms with van der Waals surface area (Å²) in [6.45, 7) is 3.63. The van der Waals surface area contributed by atoms with E-state index in [9.17, 15) is 4.79 Å². The van der Waals surface area contributed by atoms with Gasteiger partial charge in [0.1, 0.15) is 12.4 Å². The minimum atomic E-state index is -0.157. The molecule has 150 valence electrons. The average Bonchev–Trinajstić information content (AvgIpc) is 3.13. The van der Waals surface area contributed by atoms with Gasteiger partial charge in [0.05, 0.1) is 24.4 Å². The summed E-state index contributed by atoms with van der Waals surface area (Å²) in [6, 6.07) is 1.79. The van der Waals surface area contributed by atoms with Crippen molar-refractivity contribution in [3.63, 3.8) is 0 Å². The molecule has 28 heavy (non-hydrogen) atoms. The molecule has 2 unspecified atom stereocenters. The largest absolute Gasteiger partial charge is 0.481 e. The molecule has 4 rings (SSSR count). The summed E-state index contributed by atoms with van der Waals surface area (Å²) in [5.74, 6) is 2.21. The third-order valence-corrected chi connectivity index (χ3v) is 6.00. The normalized spacial score (nSPS) is 23.3. The van der Waals surface area contributed by atoms with Gasteiger partial charge in [-0.25, -0.2) is 4.98 Å². The minimum Gasteiger partial charge on any atom is -0.481 e. The highest BCUT2D eigenvalue weighted by atomic mass is 16.5. The summed E-state index contributed by atoms with van der Waals surface area (Å²) in [5.41, 5.74) is 1.40. The Morgan fingerprint density at radius 1 is 1.39 bits per heavy atom. The summed E-state index contributed by atoms with van der Waals surface area (Å²) in [6.07, 6.45) is 3.75. The Morgan fingerprint density at radius 2 is 2.21 bits per heavy atom. The molecule has 1 saturated carbocycles. The van der Waals surface area contributed by atoms with Crippen LogP contribution in [-0.2, 0) is 18.4 Å². The second-order valence-corrected chi connectivity index (χ2v) is 7.61. The SMILES string of the molecule is COCc1nc(NC23CCC2CN(C(=O)c2cnn(C)c2C)C3)cc(OC)n1. The van der Waals surface area contributed by atoms with E-state index in [1.54, 1.807) is 31.2 Å². The van der Waals surface area contributed by atoms with Gasteiger partial charge in [0.25, 0.3) is 5.91 Å². The second-order valence-electron chi connectivity index (χ2n) is 7.61. The van der Waals surface area contributed by atoms with Crippen molar-refractivity contribution in [3.05, 3.63) is 29.3 Å². The third-order valence-electron chi connectivity index (χ3n) is 6.00. The van der Waals surface area contributed by atoms with Crippen LogP contribution >= 0.6 is 0 Å². The van der Waals surface area contributed by atoms with Crippen LogP contribution in [0, 0.1) is 12.8 Å². The van der Waals surface area contributed by atoms with Gasteiger partial charge < -0.3 is 19.7 Å². The van der Waals surface area contributed by atoms with Gasteiger partial charge in [-0.2, -0.15) is 10.1 Å². The molecule has 2 fully saturated rings.